The molecule has 0 amide bonds. The van der Waals surface area contributed by atoms with Gasteiger partial charge in [-0.25, -0.2) is 14.4 Å². The molecule has 136 valence electrons. The Morgan fingerprint density at radius 3 is 2.04 bits per heavy atom. The number of unbranched alkanes of at least 4 members (excludes halogenated alkanes) is 7. The Morgan fingerprint density at radius 2 is 1.44 bits per heavy atom. The summed E-state index contributed by atoms with van der Waals surface area (Å²) in [7, 11) is 0. The van der Waals surface area contributed by atoms with Crippen LogP contribution in [-0.4, -0.2) is 16.6 Å². The molecule has 0 unspecified atom stereocenters. The van der Waals surface area contributed by atoms with Gasteiger partial charge in [-0.1, -0.05) is 76.1 Å². The van der Waals surface area contributed by atoms with Crippen molar-refractivity contribution in [3.8, 4) is 17.1 Å². The van der Waals surface area contributed by atoms with E-state index in [9.17, 15) is 4.39 Å². The van der Waals surface area contributed by atoms with Crippen LogP contribution in [0.15, 0.2) is 36.7 Å². The molecule has 0 radical (unpaired) electrons. The van der Waals surface area contributed by atoms with Gasteiger partial charge in [0.05, 0.1) is 19.0 Å². The summed E-state index contributed by atoms with van der Waals surface area (Å²) in [6.07, 6.45) is 13.7. The van der Waals surface area contributed by atoms with E-state index in [1.807, 2.05) is 12.1 Å². The van der Waals surface area contributed by atoms with E-state index in [1.165, 1.54) is 44.9 Å². The van der Waals surface area contributed by atoms with E-state index in [0.717, 1.165) is 12.0 Å². The number of alkyl halides is 1. The molecule has 0 atom stereocenters. The van der Waals surface area contributed by atoms with Gasteiger partial charge >= 0.3 is 0 Å². The Bertz CT molecular complexity index is 584. The smallest absolute Gasteiger partial charge is 0.159 e. The molecule has 0 N–H and O–H groups in total. The predicted molar refractivity (Wildman–Crippen MR) is 100 cm³/mol. The van der Waals surface area contributed by atoms with Gasteiger partial charge in [0, 0.05) is 5.56 Å². The highest BCUT2D eigenvalue weighted by atomic mass is 19.1. The Morgan fingerprint density at radius 1 is 0.840 bits per heavy atom. The SMILES string of the molecule is CCCCCCCCCCOc1cnc(-c2ccc(CF)cc2)nc1. The average molecular weight is 344 g/mol. The first kappa shape index (κ1) is 19.4. The van der Waals surface area contributed by atoms with Crippen molar-refractivity contribution in [1.29, 1.82) is 0 Å². The van der Waals surface area contributed by atoms with Gasteiger partial charge in [-0.05, 0) is 12.0 Å². The molecule has 4 heteroatoms. The van der Waals surface area contributed by atoms with Crippen LogP contribution in [0.1, 0.15) is 63.9 Å². The Hall–Kier alpha value is -1.97. The Labute approximate surface area is 150 Å². The summed E-state index contributed by atoms with van der Waals surface area (Å²) in [5.41, 5.74) is 1.54. The molecule has 0 saturated carbocycles. The minimum atomic E-state index is -0.452. The molecule has 0 saturated heterocycles. The monoisotopic (exact) mass is 344 g/mol. The molecule has 0 fully saturated rings. The maximum atomic E-state index is 12.5. The van der Waals surface area contributed by atoms with Crippen molar-refractivity contribution in [3.63, 3.8) is 0 Å². The first-order valence-corrected chi connectivity index (χ1v) is 9.43. The Kier molecular flexibility index (Phi) is 8.95. The summed E-state index contributed by atoms with van der Waals surface area (Å²) in [6.45, 7) is 2.51. The molecule has 0 bridgehead atoms. The van der Waals surface area contributed by atoms with Gasteiger partial charge in [-0.3, -0.25) is 0 Å². The molecule has 0 aliphatic carbocycles. The molecular weight excluding hydrogens is 315 g/mol. The third-order valence-electron chi connectivity index (χ3n) is 4.26. The number of halogens is 1. The second-order valence-electron chi connectivity index (χ2n) is 6.40. The first-order chi connectivity index (χ1) is 12.3. The molecule has 1 aromatic carbocycles. The van der Waals surface area contributed by atoms with Crippen molar-refractivity contribution in [2.75, 3.05) is 6.61 Å². The number of ether oxygens (including phenoxy) is 1. The van der Waals surface area contributed by atoms with Crippen LogP contribution >= 0.6 is 0 Å². The highest BCUT2D eigenvalue weighted by molar-refractivity contribution is 5.55. The standard InChI is InChI=1S/C21H29FN2O/c1-2-3-4-5-6-7-8-9-14-25-20-16-23-21(24-17-20)19-12-10-18(15-22)11-13-19/h10-13,16-17H,2-9,14-15H2,1H3. The van der Waals surface area contributed by atoms with Crippen LogP contribution in [-0.2, 0) is 6.67 Å². The van der Waals surface area contributed by atoms with E-state index in [2.05, 4.69) is 16.9 Å². The van der Waals surface area contributed by atoms with Crippen LogP contribution in [0.2, 0.25) is 0 Å². The van der Waals surface area contributed by atoms with E-state index in [1.54, 1.807) is 24.5 Å². The molecule has 0 aliphatic heterocycles. The van der Waals surface area contributed by atoms with Crippen LogP contribution in [0.4, 0.5) is 4.39 Å². The molecule has 25 heavy (non-hydrogen) atoms. The van der Waals surface area contributed by atoms with Crippen LogP contribution in [0.3, 0.4) is 0 Å². The topological polar surface area (TPSA) is 35.0 Å². The lowest BCUT2D eigenvalue weighted by Gasteiger charge is -2.06. The number of hydrogen-bond donors (Lipinski definition) is 0. The molecule has 0 aliphatic rings. The zero-order valence-electron chi connectivity index (χ0n) is 15.2. The summed E-state index contributed by atoms with van der Waals surface area (Å²) in [5, 5.41) is 0. The number of rotatable bonds is 12. The number of hydrogen-bond acceptors (Lipinski definition) is 3. The van der Waals surface area contributed by atoms with Crippen LogP contribution < -0.4 is 4.74 Å². The highest BCUT2D eigenvalue weighted by Gasteiger charge is 2.02. The van der Waals surface area contributed by atoms with Gasteiger partial charge in [0.15, 0.2) is 11.6 Å². The lowest BCUT2D eigenvalue weighted by molar-refractivity contribution is 0.302. The summed E-state index contributed by atoms with van der Waals surface area (Å²) >= 11 is 0. The van der Waals surface area contributed by atoms with Crippen molar-refractivity contribution < 1.29 is 9.13 Å². The third-order valence-corrected chi connectivity index (χ3v) is 4.26. The van der Waals surface area contributed by atoms with Gasteiger partial charge in [-0.2, -0.15) is 0 Å². The summed E-state index contributed by atoms with van der Waals surface area (Å²) in [6, 6.07) is 7.19. The lowest BCUT2D eigenvalue weighted by Crippen LogP contribution is -1.99. The van der Waals surface area contributed by atoms with E-state index in [4.69, 9.17) is 4.74 Å². The maximum absolute atomic E-state index is 12.5. The van der Waals surface area contributed by atoms with Gasteiger partial charge in [0.2, 0.25) is 0 Å². The van der Waals surface area contributed by atoms with Gasteiger partial charge in [0.25, 0.3) is 0 Å². The molecule has 1 heterocycles. The molecule has 2 rings (SSSR count). The summed E-state index contributed by atoms with van der Waals surface area (Å²) in [5.74, 6) is 1.33. The second-order valence-corrected chi connectivity index (χ2v) is 6.40. The molecular formula is C21H29FN2O. The largest absolute Gasteiger partial charge is 0.490 e. The number of aromatic nitrogens is 2. The molecule has 0 spiro atoms. The fraction of sp³-hybridized carbons (Fsp3) is 0.524. The minimum Gasteiger partial charge on any atom is -0.490 e. The summed E-state index contributed by atoms with van der Waals surface area (Å²) in [4.78, 5) is 8.66. The zero-order chi connectivity index (χ0) is 17.7. The van der Waals surface area contributed by atoms with Crippen molar-refractivity contribution in [3.05, 3.63) is 42.2 Å². The van der Waals surface area contributed by atoms with Crippen LogP contribution in [0.25, 0.3) is 11.4 Å². The Balaban J connectivity index is 1.65. The number of benzene rings is 1. The van der Waals surface area contributed by atoms with E-state index in [0.29, 0.717) is 23.7 Å². The molecule has 3 nitrogen and oxygen atoms in total. The van der Waals surface area contributed by atoms with E-state index >= 15 is 0 Å². The van der Waals surface area contributed by atoms with E-state index < -0.39 is 6.67 Å². The highest BCUT2D eigenvalue weighted by Crippen LogP contribution is 2.18. The van der Waals surface area contributed by atoms with Gasteiger partial charge in [0.1, 0.15) is 6.67 Å². The quantitative estimate of drug-likeness (QED) is 0.434. The van der Waals surface area contributed by atoms with Gasteiger partial charge in [-0.15, -0.1) is 0 Å². The van der Waals surface area contributed by atoms with Crippen molar-refractivity contribution in [2.45, 2.75) is 65.0 Å². The van der Waals surface area contributed by atoms with Crippen LogP contribution in [0, 0.1) is 0 Å². The lowest BCUT2D eigenvalue weighted by atomic mass is 10.1. The van der Waals surface area contributed by atoms with E-state index in [-0.39, 0.29) is 0 Å². The predicted octanol–water partition coefficient (Wildman–Crippen LogP) is 6.13. The fourth-order valence-corrected chi connectivity index (χ4v) is 2.71. The normalized spacial score (nSPS) is 10.8. The second kappa shape index (κ2) is 11.6. The molecule has 2 aromatic rings. The van der Waals surface area contributed by atoms with Crippen molar-refractivity contribution in [1.82, 2.24) is 9.97 Å². The van der Waals surface area contributed by atoms with Crippen molar-refractivity contribution in [2.24, 2.45) is 0 Å². The number of nitrogens with zero attached hydrogens (tertiary/aromatic N) is 2. The fourth-order valence-electron chi connectivity index (χ4n) is 2.71. The summed E-state index contributed by atoms with van der Waals surface area (Å²) < 4.78 is 18.2. The minimum absolute atomic E-state index is 0.452. The third kappa shape index (κ3) is 7.20. The molecule has 1 aromatic heterocycles. The first-order valence-electron chi connectivity index (χ1n) is 9.43. The maximum Gasteiger partial charge on any atom is 0.159 e. The van der Waals surface area contributed by atoms with Crippen LogP contribution in [0.5, 0.6) is 5.75 Å². The van der Waals surface area contributed by atoms with Gasteiger partial charge < -0.3 is 4.74 Å². The van der Waals surface area contributed by atoms with Crippen molar-refractivity contribution >= 4 is 0 Å². The zero-order valence-corrected chi connectivity index (χ0v) is 15.2. The average Bonchev–Trinajstić information content (AvgIpc) is 2.67.